The lowest BCUT2D eigenvalue weighted by Gasteiger charge is -2.05. The van der Waals surface area contributed by atoms with Crippen molar-refractivity contribution in [2.75, 3.05) is 0 Å². The fourth-order valence-corrected chi connectivity index (χ4v) is 1.58. The minimum Gasteiger partial charge on any atom is -0.452 e. The third kappa shape index (κ3) is 2.18. The van der Waals surface area contributed by atoms with Crippen molar-refractivity contribution in [2.24, 2.45) is 7.05 Å². The SMILES string of the molecule is Cc1nn(C)c(C)c1Oc1cncc(C=O)c1. The van der Waals surface area contributed by atoms with Crippen molar-refractivity contribution in [3.63, 3.8) is 0 Å². The van der Waals surface area contributed by atoms with Crippen LogP contribution in [-0.2, 0) is 7.05 Å². The van der Waals surface area contributed by atoms with Crippen LogP contribution in [0.1, 0.15) is 21.7 Å². The van der Waals surface area contributed by atoms with Crippen LogP contribution < -0.4 is 4.74 Å². The topological polar surface area (TPSA) is 57.0 Å². The number of pyridine rings is 1. The largest absolute Gasteiger partial charge is 0.452 e. The number of ether oxygens (including phenoxy) is 1. The van der Waals surface area contributed by atoms with Crippen LogP contribution in [-0.4, -0.2) is 21.1 Å². The maximum Gasteiger partial charge on any atom is 0.171 e. The molecule has 17 heavy (non-hydrogen) atoms. The number of aryl methyl sites for hydroxylation is 2. The van der Waals surface area contributed by atoms with Gasteiger partial charge in [0, 0.05) is 18.8 Å². The summed E-state index contributed by atoms with van der Waals surface area (Å²) in [7, 11) is 1.86. The molecule has 0 saturated heterocycles. The highest BCUT2D eigenvalue weighted by atomic mass is 16.5. The van der Waals surface area contributed by atoms with Crippen molar-refractivity contribution in [3.05, 3.63) is 35.4 Å². The Kier molecular flexibility index (Phi) is 2.91. The van der Waals surface area contributed by atoms with Crippen molar-refractivity contribution in [1.82, 2.24) is 14.8 Å². The Labute approximate surface area is 99.1 Å². The fourth-order valence-electron chi connectivity index (χ4n) is 1.58. The van der Waals surface area contributed by atoms with E-state index in [2.05, 4.69) is 10.1 Å². The molecular weight excluding hydrogens is 218 g/mol. The van der Waals surface area contributed by atoms with Crippen LogP contribution in [0.3, 0.4) is 0 Å². The summed E-state index contributed by atoms with van der Waals surface area (Å²) >= 11 is 0. The molecule has 0 fully saturated rings. The Morgan fingerprint density at radius 1 is 1.35 bits per heavy atom. The van der Waals surface area contributed by atoms with Crippen LogP contribution in [0.25, 0.3) is 0 Å². The molecule has 2 heterocycles. The predicted molar refractivity (Wildman–Crippen MR) is 62.4 cm³/mol. The Morgan fingerprint density at radius 2 is 2.12 bits per heavy atom. The highest BCUT2D eigenvalue weighted by Gasteiger charge is 2.11. The van der Waals surface area contributed by atoms with Crippen molar-refractivity contribution in [1.29, 1.82) is 0 Å². The standard InChI is InChI=1S/C12H13N3O2/c1-8-12(9(2)15(3)14-8)17-11-4-10(7-16)5-13-6-11/h4-7H,1-3H3. The molecule has 0 N–H and O–H groups in total. The van der Waals surface area contributed by atoms with E-state index in [0.717, 1.165) is 17.7 Å². The minimum atomic E-state index is 0.488. The van der Waals surface area contributed by atoms with E-state index in [0.29, 0.717) is 17.1 Å². The first-order chi connectivity index (χ1) is 8.11. The molecule has 0 saturated carbocycles. The van der Waals surface area contributed by atoms with Crippen molar-refractivity contribution in [2.45, 2.75) is 13.8 Å². The number of carbonyl (C=O) groups is 1. The van der Waals surface area contributed by atoms with E-state index < -0.39 is 0 Å². The summed E-state index contributed by atoms with van der Waals surface area (Å²) in [5, 5.41) is 4.25. The summed E-state index contributed by atoms with van der Waals surface area (Å²) in [6, 6.07) is 1.64. The molecule has 5 nitrogen and oxygen atoms in total. The first kappa shape index (κ1) is 11.3. The maximum absolute atomic E-state index is 10.6. The van der Waals surface area contributed by atoms with Crippen LogP contribution in [0.2, 0.25) is 0 Å². The van der Waals surface area contributed by atoms with Gasteiger partial charge in [0.05, 0.1) is 11.9 Å². The molecule has 0 atom stereocenters. The lowest BCUT2D eigenvalue weighted by atomic mass is 10.3. The van der Waals surface area contributed by atoms with Crippen molar-refractivity contribution < 1.29 is 9.53 Å². The lowest BCUT2D eigenvalue weighted by molar-refractivity contribution is 0.112. The van der Waals surface area contributed by atoms with E-state index in [1.807, 2.05) is 20.9 Å². The first-order valence-electron chi connectivity index (χ1n) is 5.20. The quantitative estimate of drug-likeness (QED) is 0.758. The van der Waals surface area contributed by atoms with Crippen LogP contribution in [0.4, 0.5) is 0 Å². The Morgan fingerprint density at radius 3 is 2.71 bits per heavy atom. The van der Waals surface area contributed by atoms with Crippen molar-refractivity contribution >= 4 is 6.29 Å². The number of aldehydes is 1. The van der Waals surface area contributed by atoms with Gasteiger partial charge in [-0.25, -0.2) is 0 Å². The molecule has 2 aromatic heterocycles. The van der Waals surface area contributed by atoms with Gasteiger partial charge in [-0.3, -0.25) is 14.5 Å². The van der Waals surface area contributed by atoms with Gasteiger partial charge in [0.1, 0.15) is 11.4 Å². The van der Waals surface area contributed by atoms with Crippen LogP contribution in [0.15, 0.2) is 18.5 Å². The molecule has 0 spiro atoms. The molecule has 88 valence electrons. The summed E-state index contributed by atoms with van der Waals surface area (Å²) in [5.41, 5.74) is 2.22. The van der Waals surface area contributed by atoms with Crippen molar-refractivity contribution in [3.8, 4) is 11.5 Å². The second-order valence-corrected chi connectivity index (χ2v) is 3.80. The van der Waals surface area contributed by atoms with Crippen LogP contribution in [0, 0.1) is 13.8 Å². The molecule has 0 radical (unpaired) electrons. The van der Waals surface area contributed by atoms with E-state index in [1.165, 1.54) is 6.20 Å². The average molecular weight is 231 g/mol. The molecular formula is C12H13N3O2. The highest BCUT2D eigenvalue weighted by molar-refractivity contribution is 5.74. The summed E-state index contributed by atoms with van der Waals surface area (Å²) in [5.74, 6) is 1.24. The first-order valence-corrected chi connectivity index (χ1v) is 5.20. The van der Waals surface area contributed by atoms with Gasteiger partial charge < -0.3 is 4.74 Å². The Bertz CT molecular complexity index is 561. The van der Waals surface area contributed by atoms with E-state index in [1.54, 1.807) is 16.9 Å². The van der Waals surface area contributed by atoms with Gasteiger partial charge in [-0.2, -0.15) is 5.10 Å². The summed E-state index contributed by atoms with van der Waals surface area (Å²) in [6.07, 6.45) is 3.80. The van der Waals surface area contributed by atoms with E-state index in [4.69, 9.17) is 4.74 Å². The van der Waals surface area contributed by atoms with E-state index in [-0.39, 0.29) is 0 Å². The number of aromatic nitrogens is 3. The second-order valence-electron chi connectivity index (χ2n) is 3.80. The highest BCUT2D eigenvalue weighted by Crippen LogP contribution is 2.27. The second kappa shape index (κ2) is 4.37. The van der Waals surface area contributed by atoms with Gasteiger partial charge in [-0.15, -0.1) is 0 Å². The molecule has 0 amide bonds. The summed E-state index contributed by atoms with van der Waals surface area (Å²) < 4.78 is 7.45. The molecule has 0 aliphatic carbocycles. The maximum atomic E-state index is 10.6. The summed E-state index contributed by atoms with van der Waals surface area (Å²) in [4.78, 5) is 14.6. The number of hydrogen-bond acceptors (Lipinski definition) is 4. The number of rotatable bonds is 3. The van der Waals surface area contributed by atoms with Crippen LogP contribution >= 0.6 is 0 Å². The minimum absolute atomic E-state index is 0.488. The zero-order valence-electron chi connectivity index (χ0n) is 9.97. The molecule has 0 unspecified atom stereocenters. The third-order valence-corrected chi connectivity index (χ3v) is 2.53. The van der Waals surface area contributed by atoms with Gasteiger partial charge in [0.25, 0.3) is 0 Å². The monoisotopic (exact) mass is 231 g/mol. The van der Waals surface area contributed by atoms with Gasteiger partial charge >= 0.3 is 0 Å². The van der Waals surface area contributed by atoms with Gasteiger partial charge in [0.2, 0.25) is 0 Å². The zero-order chi connectivity index (χ0) is 12.4. The molecule has 2 rings (SSSR count). The number of nitrogens with zero attached hydrogens (tertiary/aromatic N) is 3. The molecule has 5 heteroatoms. The molecule has 0 aromatic carbocycles. The number of carbonyl (C=O) groups excluding carboxylic acids is 1. The lowest BCUT2D eigenvalue weighted by Crippen LogP contribution is -1.93. The molecule has 0 aliphatic rings. The molecule has 0 aliphatic heterocycles. The third-order valence-electron chi connectivity index (χ3n) is 2.53. The molecule has 2 aromatic rings. The molecule has 0 bridgehead atoms. The normalized spacial score (nSPS) is 10.3. The summed E-state index contributed by atoms with van der Waals surface area (Å²) in [6.45, 7) is 3.80. The Hall–Kier alpha value is -2.17. The zero-order valence-corrected chi connectivity index (χ0v) is 9.97. The fraction of sp³-hybridized carbons (Fsp3) is 0.250. The van der Waals surface area contributed by atoms with Gasteiger partial charge in [-0.05, 0) is 19.9 Å². The van der Waals surface area contributed by atoms with E-state index >= 15 is 0 Å². The van der Waals surface area contributed by atoms with Gasteiger partial charge in [0.15, 0.2) is 12.0 Å². The predicted octanol–water partition coefficient (Wildman–Crippen LogP) is 2.04. The van der Waals surface area contributed by atoms with Gasteiger partial charge in [-0.1, -0.05) is 0 Å². The van der Waals surface area contributed by atoms with E-state index in [9.17, 15) is 4.79 Å². The number of hydrogen-bond donors (Lipinski definition) is 0. The average Bonchev–Trinajstić information content (AvgIpc) is 2.56. The smallest absolute Gasteiger partial charge is 0.171 e. The Balaban J connectivity index is 2.34. The van der Waals surface area contributed by atoms with Crippen LogP contribution in [0.5, 0.6) is 11.5 Å².